The first kappa shape index (κ1) is 20.2. The number of rotatable bonds is 8. The highest BCUT2D eigenvalue weighted by molar-refractivity contribution is 5.76. The molecule has 5 nitrogen and oxygen atoms in total. The number of aliphatic hydroxyl groups is 1. The Balaban J connectivity index is 1.51. The summed E-state index contributed by atoms with van der Waals surface area (Å²) in [6.07, 6.45) is 2.52. The van der Waals surface area contributed by atoms with Crippen molar-refractivity contribution in [3.8, 4) is 0 Å². The van der Waals surface area contributed by atoms with E-state index in [1.807, 2.05) is 0 Å². The van der Waals surface area contributed by atoms with Gasteiger partial charge in [-0.2, -0.15) is 0 Å². The van der Waals surface area contributed by atoms with Crippen LogP contribution in [0.25, 0.3) is 0 Å². The number of aryl methyl sites for hydroxylation is 1. The Morgan fingerprint density at radius 3 is 2.70 bits per heavy atom. The van der Waals surface area contributed by atoms with Crippen molar-refractivity contribution in [3.63, 3.8) is 0 Å². The molecule has 1 atom stereocenters. The first-order valence-corrected chi connectivity index (χ1v) is 9.75. The van der Waals surface area contributed by atoms with Crippen molar-refractivity contribution < 1.29 is 23.4 Å². The minimum atomic E-state index is -0.820. The number of halogens is 2. The monoisotopic (exact) mass is 382 g/mol. The van der Waals surface area contributed by atoms with Gasteiger partial charge in [0.05, 0.1) is 19.8 Å². The van der Waals surface area contributed by atoms with E-state index >= 15 is 0 Å². The van der Waals surface area contributed by atoms with E-state index in [2.05, 4.69) is 4.90 Å². The van der Waals surface area contributed by atoms with E-state index in [1.54, 1.807) is 4.90 Å². The number of ether oxygens (including phenoxy) is 1. The van der Waals surface area contributed by atoms with Crippen molar-refractivity contribution in [1.82, 2.24) is 9.80 Å². The minimum absolute atomic E-state index is 0.00773. The van der Waals surface area contributed by atoms with Gasteiger partial charge in [-0.25, -0.2) is 8.78 Å². The van der Waals surface area contributed by atoms with Crippen molar-refractivity contribution in [2.24, 2.45) is 0 Å². The van der Waals surface area contributed by atoms with Crippen molar-refractivity contribution in [2.45, 2.75) is 31.6 Å². The van der Waals surface area contributed by atoms with Gasteiger partial charge in [-0.05, 0) is 48.4 Å². The molecule has 1 fully saturated rings. The SMILES string of the molecule is O=C(CCC1CCc2cc(F)c(F)cc21)N(CCO)CCN1CCOCC1. The molecule has 1 aromatic rings. The molecule has 0 radical (unpaired) electrons. The second-order valence-electron chi connectivity index (χ2n) is 7.30. The first-order valence-electron chi connectivity index (χ1n) is 9.75. The molecule has 1 aliphatic carbocycles. The largest absolute Gasteiger partial charge is 0.395 e. The molecule has 0 saturated carbocycles. The third-order valence-corrected chi connectivity index (χ3v) is 5.60. The molecular weight excluding hydrogens is 354 g/mol. The molecule has 0 aromatic heterocycles. The van der Waals surface area contributed by atoms with Gasteiger partial charge in [-0.1, -0.05) is 0 Å². The number of amides is 1. The molecule has 1 saturated heterocycles. The number of carbonyl (C=O) groups is 1. The number of morpholine rings is 1. The Labute approximate surface area is 158 Å². The summed E-state index contributed by atoms with van der Waals surface area (Å²) in [5, 5.41) is 9.28. The quantitative estimate of drug-likeness (QED) is 0.747. The van der Waals surface area contributed by atoms with Crippen LogP contribution in [0.5, 0.6) is 0 Å². The summed E-state index contributed by atoms with van der Waals surface area (Å²) in [5.74, 6) is -1.52. The summed E-state index contributed by atoms with van der Waals surface area (Å²) in [4.78, 5) is 16.6. The van der Waals surface area contributed by atoms with Crippen molar-refractivity contribution in [1.29, 1.82) is 0 Å². The molecule has 1 unspecified atom stereocenters. The van der Waals surface area contributed by atoms with Crippen molar-refractivity contribution >= 4 is 5.91 Å². The Morgan fingerprint density at radius 1 is 1.22 bits per heavy atom. The van der Waals surface area contributed by atoms with Crippen LogP contribution < -0.4 is 0 Å². The van der Waals surface area contributed by atoms with Crippen molar-refractivity contribution in [3.05, 3.63) is 34.9 Å². The van der Waals surface area contributed by atoms with Gasteiger partial charge in [0.25, 0.3) is 0 Å². The lowest BCUT2D eigenvalue weighted by Crippen LogP contribution is -2.43. The number of hydrogen-bond acceptors (Lipinski definition) is 4. The fourth-order valence-corrected chi connectivity index (χ4v) is 4.01. The van der Waals surface area contributed by atoms with Crippen LogP contribution in [-0.4, -0.2) is 73.4 Å². The van der Waals surface area contributed by atoms with Crippen LogP contribution in [0.4, 0.5) is 8.78 Å². The maximum Gasteiger partial charge on any atom is 0.222 e. The predicted molar refractivity (Wildman–Crippen MR) is 97.6 cm³/mol. The number of nitrogens with zero attached hydrogens (tertiary/aromatic N) is 2. The molecule has 0 spiro atoms. The molecule has 1 aromatic carbocycles. The Bertz CT molecular complexity index is 650. The highest BCUT2D eigenvalue weighted by Crippen LogP contribution is 2.37. The van der Waals surface area contributed by atoms with Gasteiger partial charge < -0.3 is 14.7 Å². The predicted octanol–water partition coefficient (Wildman–Crippen LogP) is 1.93. The van der Waals surface area contributed by atoms with E-state index in [-0.39, 0.29) is 18.4 Å². The summed E-state index contributed by atoms with van der Waals surface area (Å²) in [5.41, 5.74) is 1.69. The molecule has 1 N–H and O–H groups in total. The molecule has 0 bridgehead atoms. The number of hydrogen-bond donors (Lipinski definition) is 1. The average molecular weight is 382 g/mol. The van der Waals surface area contributed by atoms with Gasteiger partial charge in [0.1, 0.15) is 0 Å². The summed E-state index contributed by atoms with van der Waals surface area (Å²) in [6, 6.07) is 2.57. The van der Waals surface area contributed by atoms with E-state index in [4.69, 9.17) is 4.74 Å². The molecule has 150 valence electrons. The normalized spacial score (nSPS) is 19.9. The van der Waals surface area contributed by atoms with Crippen LogP contribution in [-0.2, 0) is 16.0 Å². The van der Waals surface area contributed by atoms with Gasteiger partial charge in [0.2, 0.25) is 5.91 Å². The molecule has 1 aliphatic heterocycles. The number of benzene rings is 1. The lowest BCUT2D eigenvalue weighted by molar-refractivity contribution is -0.132. The fourth-order valence-electron chi connectivity index (χ4n) is 4.01. The highest BCUT2D eigenvalue weighted by Gasteiger charge is 2.26. The lowest BCUT2D eigenvalue weighted by Gasteiger charge is -2.30. The summed E-state index contributed by atoms with van der Waals surface area (Å²) in [6.45, 7) is 4.77. The smallest absolute Gasteiger partial charge is 0.222 e. The van der Waals surface area contributed by atoms with Gasteiger partial charge in [-0.3, -0.25) is 9.69 Å². The van der Waals surface area contributed by atoms with E-state index in [9.17, 15) is 18.7 Å². The minimum Gasteiger partial charge on any atom is -0.395 e. The highest BCUT2D eigenvalue weighted by atomic mass is 19.2. The van der Waals surface area contributed by atoms with E-state index in [1.165, 1.54) is 12.1 Å². The topological polar surface area (TPSA) is 53.0 Å². The molecule has 3 rings (SSSR count). The maximum atomic E-state index is 13.6. The van der Waals surface area contributed by atoms with Gasteiger partial charge in [0, 0.05) is 39.1 Å². The summed E-state index contributed by atoms with van der Waals surface area (Å²) in [7, 11) is 0. The molecule has 2 aliphatic rings. The number of aliphatic hydroxyl groups excluding tert-OH is 1. The summed E-state index contributed by atoms with van der Waals surface area (Å²) < 4.78 is 32.3. The second-order valence-corrected chi connectivity index (χ2v) is 7.30. The van der Waals surface area contributed by atoms with Gasteiger partial charge in [0.15, 0.2) is 11.6 Å². The third kappa shape index (κ3) is 5.24. The number of carbonyl (C=O) groups excluding carboxylic acids is 1. The van der Waals surface area contributed by atoms with Crippen LogP contribution in [0.2, 0.25) is 0 Å². The zero-order chi connectivity index (χ0) is 19.2. The van der Waals surface area contributed by atoms with Crippen LogP contribution >= 0.6 is 0 Å². The van der Waals surface area contributed by atoms with Crippen LogP contribution in [0.1, 0.15) is 36.3 Å². The van der Waals surface area contributed by atoms with Crippen molar-refractivity contribution in [2.75, 3.05) is 52.5 Å². The lowest BCUT2D eigenvalue weighted by atomic mass is 9.95. The van der Waals surface area contributed by atoms with Crippen LogP contribution in [0.3, 0.4) is 0 Å². The van der Waals surface area contributed by atoms with E-state index in [0.29, 0.717) is 39.1 Å². The molecule has 1 amide bonds. The Morgan fingerprint density at radius 2 is 1.96 bits per heavy atom. The van der Waals surface area contributed by atoms with E-state index < -0.39 is 11.6 Å². The molecular formula is C20H28F2N2O3. The standard InChI is InChI=1S/C20H28F2N2O3/c21-18-13-16-2-1-15(17(16)14-19(18)22)3-4-20(26)24(7-10-25)6-5-23-8-11-27-12-9-23/h13-15,25H,1-12H2. The fraction of sp³-hybridized carbons (Fsp3) is 0.650. The maximum absolute atomic E-state index is 13.6. The zero-order valence-electron chi connectivity index (χ0n) is 15.6. The average Bonchev–Trinajstić information content (AvgIpc) is 3.06. The second kappa shape index (κ2) is 9.57. The van der Waals surface area contributed by atoms with Crippen LogP contribution in [0.15, 0.2) is 12.1 Å². The van der Waals surface area contributed by atoms with Gasteiger partial charge >= 0.3 is 0 Å². The number of fused-ring (bicyclic) bond motifs is 1. The summed E-state index contributed by atoms with van der Waals surface area (Å²) >= 11 is 0. The van der Waals surface area contributed by atoms with E-state index in [0.717, 1.165) is 43.6 Å². The van der Waals surface area contributed by atoms with Gasteiger partial charge in [-0.15, -0.1) is 0 Å². The third-order valence-electron chi connectivity index (χ3n) is 5.60. The Kier molecular flexibility index (Phi) is 7.15. The molecule has 27 heavy (non-hydrogen) atoms. The Hall–Kier alpha value is -1.57. The first-order chi connectivity index (χ1) is 13.1. The molecule has 7 heteroatoms. The molecule has 1 heterocycles. The zero-order valence-corrected chi connectivity index (χ0v) is 15.6. The van der Waals surface area contributed by atoms with Crippen LogP contribution in [0, 0.1) is 11.6 Å².